The first-order valence-electron chi connectivity index (χ1n) is 9.57. The van der Waals surface area contributed by atoms with Gasteiger partial charge in [0.1, 0.15) is 16.3 Å². The third kappa shape index (κ3) is 4.91. The number of nitrogens with zero attached hydrogens (tertiary/aromatic N) is 2. The molecule has 2 aromatic heterocycles. The van der Waals surface area contributed by atoms with Crippen LogP contribution in [-0.4, -0.2) is 27.7 Å². The van der Waals surface area contributed by atoms with E-state index in [1.165, 1.54) is 23.5 Å². The summed E-state index contributed by atoms with van der Waals surface area (Å²) in [6, 6.07) is 9.86. The summed E-state index contributed by atoms with van der Waals surface area (Å²) in [5.41, 5.74) is 1.88. The normalized spacial score (nSPS) is 11.8. The molecule has 2 heterocycles. The van der Waals surface area contributed by atoms with Gasteiger partial charge < -0.3 is 14.3 Å². The van der Waals surface area contributed by atoms with Gasteiger partial charge in [-0.1, -0.05) is 12.1 Å². The smallest absolute Gasteiger partial charge is 0.416 e. The van der Waals surface area contributed by atoms with Crippen LogP contribution >= 0.6 is 11.3 Å². The second-order valence-electron chi connectivity index (χ2n) is 7.02. The predicted octanol–water partition coefficient (Wildman–Crippen LogP) is 5.53. The number of carbonyl (C=O) groups is 1. The number of aryl methyl sites for hydroxylation is 3. The summed E-state index contributed by atoms with van der Waals surface area (Å²) in [4.78, 5) is 20.5. The lowest BCUT2D eigenvalue weighted by molar-refractivity contribution is -0.139. The molecule has 0 saturated carbocycles. The maximum atomic E-state index is 12.8. The van der Waals surface area contributed by atoms with Crippen molar-refractivity contribution in [1.82, 2.24) is 9.97 Å². The van der Waals surface area contributed by atoms with Gasteiger partial charge in [0.2, 0.25) is 0 Å². The van der Waals surface area contributed by atoms with Crippen LogP contribution < -0.4 is 4.74 Å². The molecular weight excluding hydrogens is 445 g/mol. The molecule has 10 heteroatoms. The van der Waals surface area contributed by atoms with Crippen LogP contribution in [0.1, 0.15) is 22.0 Å². The Morgan fingerprint density at radius 1 is 1.12 bits per heavy atom. The number of thiazole rings is 1. The predicted molar refractivity (Wildman–Crippen MR) is 112 cm³/mol. The standard InChI is InChI=1S/C22H17F3N2O4S/c1-12-18(32-21(26-12)13-2-4-14(5-3-13)22(23,24)25)8-9-19-27-16-10-15(30-11-20(28)29)6-7-17(16)31-19/h2-7,10H,8-9,11H2,1H3,(H,28,29). The van der Waals surface area contributed by atoms with E-state index < -0.39 is 24.3 Å². The van der Waals surface area contributed by atoms with Crippen LogP contribution in [0.3, 0.4) is 0 Å². The maximum absolute atomic E-state index is 12.8. The summed E-state index contributed by atoms with van der Waals surface area (Å²) in [7, 11) is 0. The van der Waals surface area contributed by atoms with Crippen molar-refractivity contribution in [1.29, 1.82) is 0 Å². The quantitative estimate of drug-likeness (QED) is 0.389. The number of oxazole rings is 1. The van der Waals surface area contributed by atoms with Gasteiger partial charge in [-0.05, 0) is 37.6 Å². The lowest BCUT2D eigenvalue weighted by atomic mass is 10.1. The van der Waals surface area contributed by atoms with Gasteiger partial charge in [-0.15, -0.1) is 11.3 Å². The fraction of sp³-hybridized carbons (Fsp3) is 0.227. The van der Waals surface area contributed by atoms with E-state index >= 15 is 0 Å². The molecule has 0 spiro atoms. The van der Waals surface area contributed by atoms with Gasteiger partial charge in [-0.2, -0.15) is 13.2 Å². The van der Waals surface area contributed by atoms with E-state index in [2.05, 4.69) is 9.97 Å². The van der Waals surface area contributed by atoms with Crippen LogP contribution in [-0.2, 0) is 23.8 Å². The monoisotopic (exact) mass is 462 g/mol. The number of aromatic nitrogens is 2. The summed E-state index contributed by atoms with van der Waals surface area (Å²) < 4.78 is 49.2. The van der Waals surface area contributed by atoms with Gasteiger partial charge in [0.05, 0.1) is 11.3 Å². The van der Waals surface area contributed by atoms with E-state index in [0.29, 0.717) is 46.2 Å². The summed E-state index contributed by atoms with van der Waals surface area (Å²) in [6.45, 7) is 1.42. The van der Waals surface area contributed by atoms with E-state index in [1.807, 2.05) is 6.92 Å². The zero-order valence-electron chi connectivity index (χ0n) is 16.8. The molecule has 0 fully saturated rings. The Morgan fingerprint density at radius 2 is 1.88 bits per heavy atom. The summed E-state index contributed by atoms with van der Waals surface area (Å²) in [5, 5.41) is 9.36. The van der Waals surface area contributed by atoms with E-state index in [-0.39, 0.29) is 0 Å². The Bertz CT molecular complexity index is 1260. The maximum Gasteiger partial charge on any atom is 0.416 e. The van der Waals surface area contributed by atoms with Crippen LogP contribution in [0.15, 0.2) is 46.9 Å². The Labute approximate surface area is 184 Å². The average Bonchev–Trinajstić information content (AvgIpc) is 3.32. The zero-order valence-corrected chi connectivity index (χ0v) is 17.6. The van der Waals surface area contributed by atoms with Gasteiger partial charge >= 0.3 is 12.1 Å². The Balaban J connectivity index is 1.45. The highest BCUT2D eigenvalue weighted by Crippen LogP contribution is 2.33. The molecule has 4 rings (SSSR count). The lowest BCUT2D eigenvalue weighted by Crippen LogP contribution is -2.09. The minimum atomic E-state index is -4.37. The minimum Gasteiger partial charge on any atom is -0.482 e. The number of aliphatic carboxylic acids is 1. The molecule has 2 aromatic carbocycles. The fourth-order valence-corrected chi connectivity index (χ4v) is 4.17. The van der Waals surface area contributed by atoms with Gasteiger partial charge in [0.15, 0.2) is 18.1 Å². The number of rotatable bonds is 7. The van der Waals surface area contributed by atoms with E-state index in [4.69, 9.17) is 14.3 Å². The highest BCUT2D eigenvalue weighted by molar-refractivity contribution is 7.15. The summed E-state index contributed by atoms with van der Waals surface area (Å²) >= 11 is 1.43. The van der Waals surface area contributed by atoms with Crippen molar-refractivity contribution in [2.75, 3.05) is 6.61 Å². The van der Waals surface area contributed by atoms with Gasteiger partial charge in [-0.25, -0.2) is 14.8 Å². The highest BCUT2D eigenvalue weighted by Gasteiger charge is 2.30. The molecule has 166 valence electrons. The second-order valence-corrected chi connectivity index (χ2v) is 8.11. The Hall–Kier alpha value is -3.40. The number of ether oxygens (including phenoxy) is 1. The zero-order chi connectivity index (χ0) is 22.9. The lowest BCUT2D eigenvalue weighted by Gasteiger charge is -2.06. The first-order valence-corrected chi connectivity index (χ1v) is 10.4. The molecule has 0 aliphatic carbocycles. The minimum absolute atomic E-state index is 0.388. The Morgan fingerprint density at radius 3 is 2.56 bits per heavy atom. The molecule has 0 amide bonds. The number of benzene rings is 2. The van der Waals surface area contributed by atoms with Crippen LogP contribution in [0.2, 0.25) is 0 Å². The molecule has 0 bridgehead atoms. The largest absolute Gasteiger partial charge is 0.482 e. The number of carboxylic acid groups (broad SMARTS) is 1. The fourth-order valence-electron chi connectivity index (χ4n) is 3.10. The topological polar surface area (TPSA) is 85.5 Å². The molecule has 0 radical (unpaired) electrons. The van der Waals surface area contributed by atoms with Gasteiger partial charge in [0.25, 0.3) is 0 Å². The van der Waals surface area contributed by atoms with Gasteiger partial charge in [0, 0.05) is 22.9 Å². The summed E-state index contributed by atoms with van der Waals surface area (Å²) in [6.07, 6.45) is -3.25. The van der Waals surface area contributed by atoms with Crippen molar-refractivity contribution in [3.05, 3.63) is 64.5 Å². The van der Waals surface area contributed by atoms with Crippen molar-refractivity contribution < 1.29 is 32.2 Å². The number of carboxylic acids is 1. The van der Waals surface area contributed by atoms with E-state index in [1.54, 1.807) is 18.2 Å². The van der Waals surface area contributed by atoms with Crippen molar-refractivity contribution >= 4 is 28.4 Å². The molecule has 1 N–H and O–H groups in total. The third-order valence-electron chi connectivity index (χ3n) is 4.68. The highest BCUT2D eigenvalue weighted by atomic mass is 32.1. The molecule has 0 atom stereocenters. The molecule has 0 aliphatic rings. The van der Waals surface area contributed by atoms with Crippen LogP contribution in [0.4, 0.5) is 13.2 Å². The molecule has 6 nitrogen and oxygen atoms in total. The number of alkyl halides is 3. The first kappa shape index (κ1) is 21.8. The van der Waals surface area contributed by atoms with Crippen molar-refractivity contribution in [3.63, 3.8) is 0 Å². The molecule has 0 saturated heterocycles. The van der Waals surface area contributed by atoms with Crippen LogP contribution in [0.25, 0.3) is 21.7 Å². The van der Waals surface area contributed by atoms with E-state index in [9.17, 15) is 18.0 Å². The van der Waals surface area contributed by atoms with Crippen molar-refractivity contribution in [2.24, 2.45) is 0 Å². The van der Waals surface area contributed by atoms with Crippen molar-refractivity contribution in [2.45, 2.75) is 25.9 Å². The molecular formula is C22H17F3N2O4S. The van der Waals surface area contributed by atoms with Crippen LogP contribution in [0, 0.1) is 6.92 Å². The van der Waals surface area contributed by atoms with Gasteiger partial charge in [-0.3, -0.25) is 0 Å². The molecule has 32 heavy (non-hydrogen) atoms. The first-order chi connectivity index (χ1) is 15.2. The number of hydrogen-bond acceptors (Lipinski definition) is 6. The second kappa shape index (κ2) is 8.62. The molecule has 0 unspecified atom stereocenters. The molecule has 0 aliphatic heterocycles. The van der Waals surface area contributed by atoms with Crippen molar-refractivity contribution in [3.8, 4) is 16.3 Å². The third-order valence-corrected chi connectivity index (χ3v) is 5.95. The SMILES string of the molecule is Cc1nc(-c2ccc(C(F)(F)F)cc2)sc1CCc1nc2cc(OCC(=O)O)ccc2o1. The number of halogens is 3. The average molecular weight is 462 g/mol. The summed E-state index contributed by atoms with van der Waals surface area (Å²) in [5.74, 6) is -0.167. The van der Waals surface area contributed by atoms with Crippen LogP contribution in [0.5, 0.6) is 5.75 Å². The van der Waals surface area contributed by atoms with E-state index in [0.717, 1.165) is 22.7 Å². The number of hydrogen-bond donors (Lipinski definition) is 1. The number of fused-ring (bicyclic) bond motifs is 1. The Kier molecular flexibility index (Phi) is 5.88. The molecule has 4 aromatic rings.